The van der Waals surface area contributed by atoms with Gasteiger partial charge in [0, 0.05) is 23.2 Å². The number of hydrogen-bond donors (Lipinski definition) is 4. The molecule has 0 bridgehead atoms. The highest BCUT2D eigenvalue weighted by atomic mass is 16.6. The lowest BCUT2D eigenvalue weighted by Crippen LogP contribution is -2.49. The van der Waals surface area contributed by atoms with E-state index < -0.39 is 10.5 Å². The number of non-ortho nitro benzene ring substituents is 1. The molecule has 0 spiro atoms. The Labute approximate surface area is 148 Å². The number of nitrogens with zero attached hydrogens (tertiary/aromatic N) is 1. The predicted molar refractivity (Wildman–Crippen MR) is 98.2 cm³/mol. The van der Waals surface area contributed by atoms with Crippen molar-refractivity contribution in [3.63, 3.8) is 0 Å². The quantitative estimate of drug-likeness (QED) is 0.329. The van der Waals surface area contributed by atoms with Crippen molar-refractivity contribution in [1.82, 2.24) is 5.32 Å². The summed E-state index contributed by atoms with van der Waals surface area (Å²) in [6.45, 7) is 1.63. The summed E-state index contributed by atoms with van der Waals surface area (Å²) in [6, 6.07) is 5.59. The van der Waals surface area contributed by atoms with Gasteiger partial charge in [-0.05, 0) is 70.3 Å². The first kappa shape index (κ1) is 21.0. The van der Waals surface area contributed by atoms with Gasteiger partial charge in [-0.3, -0.25) is 14.9 Å². The highest BCUT2D eigenvalue weighted by Gasteiger charge is 2.30. The van der Waals surface area contributed by atoms with E-state index in [4.69, 9.17) is 17.2 Å². The highest BCUT2D eigenvalue weighted by molar-refractivity contribution is 5.94. The second-order valence-electron chi connectivity index (χ2n) is 6.22. The topological polar surface area (TPSA) is 150 Å². The zero-order valence-corrected chi connectivity index (χ0v) is 14.6. The van der Waals surface area contributed by atoms with Gasteiger partial charge in [0.15, 0.2) is 0 Å². The van der Waals surface area contributed by atoms with Crippen LogP contribution in [-0.4, -0.2) is 36.0 Å². The monoisotopic (exact) mass is 351 g/mol. The van der Waals surface area contributed by atoms with Crippen molar-refractivity contribution in [2.45, 2.75) is 44.1 Å². The van der Waals surface area contributed by atoms with E-state index in [0.29, 0.717) is 25.2 Å². The average Bonchev–Trinajstić information content (AvgIpc) is 2.62. The van der Waals surface area contributed by atoms with Crippen molar-refractivity contribution < 1.29 is 9.72 Å². The number of hydrogen-bond acceptors (Lipinski definition) is 6. The summed E-state index contributed by atoms with van der Waals surface area (Å²) in [7, 11) is 0. The fourth-order valence-electron chi connectivity index (χ4n) is 2.93. The number of nitrogens with one attached hydrogen (secondary N) is 1. The van der Waals surface area contributed by atoms with E-state index >= 15 is 0 Å². The van der Waals surface area contributed by atoms with Gasteiger partial charge in [-0.1, -0.05) is 0 Å². The first-order valence-electron chi connectivity index (χ1n) is 8.65. The summed E-state index contributed by atoms with van der Waals surface area (Å²) in [5.41, 5.74) is 16.9. The molecule has 0 saturated carbocycles. The van der Waals surface area contributed by atoms with Gasteiger partial charge in [0.1, 0.15) is 0 Å². The molecule has 8 nitrogen and oxygen atoms in total. The molecule has 0 aliphatic rings. The Morgan fingerprint density at radius 1 is 0.960 bits per heavy atom. The van der Waals surface area contributed by atoms with Crippen LogP contribution in [0.3, 0.4) is 0 Å². The van der Waals surface area contributed by atoms with E-state index in [1.807, 2.05) is 0 Å². The molecule has 140 valence electrons. The molecule has 1 amide bonds. The maximum absolute atomic E-state index is 12.7. The largest absolute Gasteiger partial charge is 0.347 e. The molecule has 0 aromatic heterocycles. The standard InChI is InChI=1S/C17H29N5O3/c18-11-1-8-17(9-2-12-19,10-3-13-20)21-16(23)14-4-6-15(7-5-14)22(24)25/h4-7H,1-3,8-13,18-20H2,(H,21,23). The SMILES string of the molecule is NCCCC(CCCN)(CCCN)NC(=O)c1ccc([N+](=O)[O-])cc1. The number of nitrogens with two attached hydrogens (primary N) is 3. The van der Waals surface area contributed by atoms with Crippen LogP contribution in [0.4, 0.5) is 5.69 Å². The summed E-state index contributed by atoms with van der Waals surface area (Å²) < 4.78 is 0. The third-order valence-corrected chi connectivity index (χ3v) is 4.30. The molecule has 1 rings (SSSR count). The smallest absolute Gasteiger partial charge is 0.269 e. The molecule has 25 heavy (non-hydrogen) atoms. The minimum Gasteiger partial charge on any atom is -0.347 e. The van der Waals surface area contributed by atoms with Gasteiger partial charge in [0.25, 0.3) is 11.6 Å². The van der Waals surface area contributed by atoms with Gasteiger partial charge in [0.2, 0.25) is 0 Å². The molecule has 1 aromatic rings. The van der Waals surface area contributed by atoms with Crippen LogP contribution in [0.5, 0.6) is 0 Å². The summed E-state index contributed by atoms with van der Waals surface area (Å²) in [5.74, 6) is -0.249. The van der Waals surface area contributed by atoms with Gasteiger partial charge in [-0.15, -0.1) is 0 Å². The Morgan fingerprint density at radius 2 is 1.40 bits per heavy atom. The molecule has 0 saturated heterocycles. The number of benzene rings is 1. The molecule has 0 heterocycles. The third-order valence-electron chi connectivity index (χ3n) is 4.30. The van der Waals surface area contributed by atoms with Crippen molar-refractivity contribution >= 4 is 11.6 Å². The lowest BCUT2D eigenvalue weighted by molar-refractivity contribution is -0.384. The number of rotatable bonds is 12. The summed E-state index contributed by atoms with van der Waals surface area (Å²) >= 11 is 0. The Morgan fingerprint density at radius 3 is 1.76 bits per heavy atom. The minimum absolute atomic E-state index is 0.0443. The average molecular weight is 351 g/mol. The van der Waals surface area contributed by atoms with Crippen LogP contribution in [0, 0.1) is 10.1 Å². The van der Waals surface area contributed by atoms with Crippen molar-refractivity contribution in [3.8, 4) is 0 Å². The summed E-state index contributed by atoms with van der Waals surface area (Å²) in [5, 5.41) is 13.9. The Hall–Kier alpha value is -2.03. The fourth-order valence-corrected chi connectivity index (χ4v) is 2.93. The number of amides is 1. The fraction of sp³-hybridized carbons (Fsp3) is 0.588. The molecular weight excluding hydrogens is 322 g/mol. The first-order valence-corrected chi connectivity index (χ1v) is 8.65. The van der Waals surface area contributed by atoms with E-state index in [1.54, 1.807) is 0 Å². The summed E-state index contributed by atoms with van der Waals surface area (Å²) in [6.07, 6.45) is 4.62. The van der Waals surface area contributed by atoms with E-state index in [2.05, 4.69) is 5.32 Å². The number of nitro benzene ring substituents is 1. The molecule has 0 atom stereocenters. The van der Waals surface area contributed by atoms with Gasteiger partial charge in [-0.2, -0.15) is 0 Å². The molecule has 0 aliphatic heterocycles. The van der Waals surface area contributed by atoms with Crippen LogP contribution >= 0.6 is 0 Å². The molecule has 0 radical (unpaired) electrons. The van der Waals surface area contributed by atoms with Crippen molar-refractivity contribution in [3.05, 3.63) is 39.9 Å². The van der Waals surface area contributed by atoms with Gasteiger partial charge in [0.05, 0.1) is 4.92 Å². The first-order chi connectivity index (χ1) is 12.0. The van der Waals surface area contributed by atoms with Crippen LogP contribution < -0.4 is 22.5 Å². The lowest BCUT2D eigenvalue weighted by Gasteiger charge is -2.35. The molecule has 1 aromatic carbocycles. The van der Waals surface area contributed by atoms with Gasteiger partial charge >= 0.3 is 0 Å². The molecule has 8 heteroatoms. The zero-order chi connectivity index (χ0) is 18.7. The van der Waals surface area contributed by atoms with Crippen LogP contribution in [-0.2, 0) is 0 Å². The minimum atomic E-state index is -0.490. The van der Waals surface area contributed by atoms with E-state index in [-0.39, 0.29) is 11.6 Å². The van der Waals surface area contributed by atoms with E-state index in [9.17, 15) is 14.9 Å². The predicted octanol–water partition coefficient (Wildman–Crippen LogP) is 1.28. The lowest BCUT2D eigenvalue weighted by atomic mass is 9.83. The van der Waals surface area contributed by atoms with Crippen molar-refractivity contribution in [2.24, 2.45) is 17.2 Å². The Kier molecular flexibility index (Phi) is 9.04. The van der Waals surface area contributed by atoms with Gasteiger partial charge in [-0.25, -0.2) is 0 Å². The van der Waals surface area contributed by atoms with Crippen LogP contribution in [0.2, 0.25) is 0 Å². The van der Waals surface area contributed by atoms with Gasteiger partial charge < -0.3 is 22.5 Å². The van der Waals surface area contributed by atoms with E-state index in [1.165, 1.54) is 24.3 Å². The number of nitro groups is 1. The Balaban J connectivity index is 2.95. The third kappa shape index (κ3) is 6.77. The Bertz CT molecular complexity index is 526. The second-order valence-corrected chi connectivity index (χ2v) is 6.22. The maximum Gasteiger partial charge on any atom is 0.269 e. The van der Waals surface area contributed by atoms with E-state index in [0.717, 1.165) is 38.5 Å². The number of carbonyl (C=O) groups excluding carboxylic acids is 1. The molecular formula is C17H29N5O3. The highest BCUT2D eigenvalue weighted by Crippen LogP contribution is 2.26. The zero-order valence-electron chi connectivity index (χ0n) is 14.6. The van der Waals surface area contributed by atoms with Crippen molar-refractivity contribution in [2.75, 3.05) is 19.6 Å². The second kappa shape index (κ2) is 10.8. The molecule has 0 fully saturated rings. The molecule has 0 aliphatic carbocycles. The van der Waals surface area contributed by atoms with Crippen LogP contribution in [0.25, 0.3) is 0 Å². The van der Waals surface area contributed by atoms with Crippen LogP contribution in [0.15, 0.2) is 24.3 Å². The molecule has 0 unspecified atom stereocenters. The van der Waals surface area contributed by atoms with Crippen LogP contribution in [0.1, 0.15) is 48.9 Å². The normalized spacial score (nSPS) is 11.3. The van der Waals surface area contributed by atoms with Crippen molar-refractivity contribution in [1.29, 1.82) is 0 Å². The molecule has 7 N–H and O–H groups in total. The number of carbonyl (C=O) groups is 1. The maximum atomic E-state index is 12.7. The summed E-state index contributed by atoms with van der Waals surface area (Å²) in [4.78, 5) is 22.9.